The molecule has 0 saturated carbocycles. The molecular formula is C18H24FNO3. The minimum absolute atomic E-state index is 0.000158. The maximum atomic E-state index is 13.8. The monoisotopic (exact) mass is 321 g/mol. The van der Waals surface area contributed by atoms with Gasteiger partial charge in [0.05, 0.1) is 0 Å². The number of hydrogen-bond acceptors (Lipinski definition) is 2. The fourth-order valence-electron chi connectivity index (χ4n) is 3.28. The number of halogens is 1. The molecule has 1 aromatic rings. The lowest BCUT2D eigenvalue weighted by Gasteiger charge is -2.36. The van der Waals surface area contributed by atoms with Crippen molar-refractivity contribution in [3.05, 3.63) is 35.6 Å². The second-order valence-corrected chi connectivity index (χ2v) is 6.30. The number of carbonyl (C=O) groups excluding carboxylic acids is 1. The van der Waals surface area contributed by atoms with Gasteiger partial charge in [0, 0.05) is 25.4 Å². The van der Waals surface area contributed by atoms with Crippen molar-refractivity contribution in [2.45, 2.75) is 57.4 Å². The fourth-order valence-corrected chi connectivity index (χ4v) is 3.28. The number of aliphatic carboxylic acids is 1. The van der Waals surface area contributed by atoms with Crippen LogP contribution in [0.2, 0.25) is 0 Å². The van der Waals surface area contributed by atoms with E-state index in [2.05, 4.69) is 0 Å². The summed E-state index contributed by atoms with van der Waals surface area (Å²) in [5, 5.41) is 8.85. The Balaban J connectivity index is 1.99. The molecule has 1 heterocycles. The Labute approximate surface area is 136 Å². The van der Waals surface area contributed by atoms with Crippen LogP contribution in [0.1, 0.15) is 56.9 Å². The van der Waals surface area contributed by atoms with Crippen LogP contribution in [-0.2, 0) is 9.59 Å². The van der Waals surface area contributed by atoms with E-state index in [9.17, 15) is 14.0 Å². The molecule has 1 saturated heterocycles. The van der Waals surface area contributed by atoms with Gasteiger partial charge in [-0.25, -0.2) is 4.39 Å². The molecule has 0 spiro atoms. The number of amides is 1. The first kappa shape index (κ1) is 17.4. The first-order chi connectivity index (χ1) is 11.0. The van der Waals surface area contributed by atoms with Crippen molar-refractivity contribution in [3.8, 4) is 0 Å². The Kier molecular flexibility index (Phi) is 6.13. The highest BCUT2D eigenvalue weighted by Gasteiger charge is 2.28. The van der Waals surface area contributed by atoms with Crippen LogP contribution in [0, 0.1) is 5.82 Å². The molecule has 1 aliphatic heterocycles. The van der Waals surface area contributed by atoms with Crippen molar-refractivity contribution in [1.82, 2.24) is 4.90 Å². The van der Waals surface area contributed by atoms with E-state index in [1.807, 2.05) is 11.8 Å². The maximum absolute atomic E-state index is 13.8. The van der Waals surface area contributed by atoms with Gasteiger partial charge in [-0.1, -0.05) is 25.1 Å². The Morgan fingerprint density at radius 1 is 1.35 bits per heavy atom. The molecule has 0 unspecified atom stereocenters. The van der Waals surface area contributed by atoms with Gasteiger partial charge in [0.15, 0.2) is 0 Å². The summed E-state index contributed by atoms with van der Waals surface area (Å²) in [6.45, 7) is 2.53. The summed E-state index contributed by atoms with van der Waals surface area (Å²) in [6, 6.07) is 6.54. The van der Waals surface area contributed by atoms with Crippen molar-refractivity contribution in [3.63, 3.8) is 0 Å². The highest BCUT2D eigenvalue weighted by atomic mass is 19.1. The average molecular weight is 321 g/mol. The molecule has 1 aliphatic rings. The topological polar surface area (TPSA) is 57.6 Å². The minimum Gasteiger partial charge on any atom is -0.481 e. The Morgan fingerprint density at radius 2 is 2.09 bits per heavy atom. The van der Waals surface area contributed by atoms with E-state index >= 15 is 0 Å². The van der Waals surface area contributed by atoms with E-state index < -0.39 is 5.97 Å². The second kappa shape index (κ2) is 8.09. The van der Waals surface area contributed by atoms with Gasteiger partial charge in [-0.3, -0.25) is 9.59 Å². The van der Waals surface area contributed by atoms with E-state index in [1.165, 1.54) is 6.07 Å². The zero-order valence-corrected chi connectivity index (χ0v) is 13.5. The molecule has 1 amide bonds. The van der Waals surface area contributed by atoms with E-state index in [0.29, 0.717) is 18.5 Å². The third-order valence-corrected chi connectivity index (χ3v) is 4.56. The number of rotatable bonds is 6. The first-order valence-electron chi connectivity index (χ1n) is 8.24. The average Bonchev–Trinajstić information content (AvgIpc) is 2.53. The molecular weight excluding hydrogens is 297 g/mol. The number of carbonyl (C=O) groups is 2. The molecule has 0 bridgehead atoms. The highest BCUT2D eigenvalue weighted by Crippen LogP contribution is 2.26. The molecule has 1 fully saturated rings. The van der Waals surface area contributed by atoms with Crippen molar-refractivity contribution < 1.29 is 19.1 Å². The standard InChI is InChI=1S/C18H24FNO3/c1-13(15-7-2-3-8-16(15)19)12-17(21)20-11-5-4-6-14(20)9-10-18(22)23/h2-3,7-8,13-14H,4-6,9-12H2,1H3,(H,22,23)/t13-,14+/m0/s1. The number of carboxylic acid groups (broad SMARTS) is 1. The minimum atomic E-state index is -0.831. The summed E-state index contributed by atoms with van der Waals surface area (Å²) in [5.41, 5.74) is 0.556. The van der Waals surface area contributed by atoms with Gasteiger partial charge >= 0.3 is 5.97 Å². The maximum Gasteiger partial charge on any atom is 0.303 e. The van der Waals surface area contributed by atoms with Crippen molar-refractivity contribution in [1.29, 1.82) is 0 Å². The summed E-state index contributed by atoms with van der Waals surface area (Å²) in [6.07, 6.45) is 3.66. The number of nitrogens with zero attached hydrogens (tertiary/aromatic N) is 1. The first-order valence-corrected chi connectivity index (χ1v) is 8.24. The van der Waals surface area contributed by atoms with Crippen molar-refractivity contribution >= 4 is 11.9 Å². The van der Waals surface area contributed by atoms with Crippen LogP contribution >= 0.6 is 0 Å². The van der Waals surface area contributed by atoms with Gasteiger partial charge in [0.2, 0.25) is 5.91 Å². The van der Waals surface area contributed by atoms with Crippen LogP contribution in [0.3, 0.4) is 0 Å². The zero-order chi connectivity index (χ0) is 16.8. The molecule has 0 aromatic heterocycles. The molecule has 1 aromatic carbocycles. The molecule has 4 nitrogen and oxygen atoms in total. The number of hydrogen-bond donors (Lipinski definition) is 1. The molecule has 2 atom stereocenters. The van der Waals surface area contributed by atoms with Gasteiger partial charge in [-0.15, -0.1) is 0 Å². The Morgan fingerprint density at radius 3 is 2.78 bits per heavy atom. The lowest BCUT2D eigenvalue weighted by molar-refractivity contribution is -0.140. The molecule has 1 N–H and O–H groups in total. The number of benzene rings is 1. The quantitative estimate of drug-likeness (QED) is 0.871. The van der Waals surface area contributed by atoms with Crippen molar-refractivity contribution in [2.24, 2.45) is 0 Å². The molecule has 0 radical (unpaired) electrons. The van der Waals surface area contributed by atoms with Gasteiger partial charge < -0.3 is 10.0 Å². The molecule has 0 aliphatic carbocycles. The van der Waals surface area contributed by atoms with Crippen LogP contribution in [0.4, 0.5) is 4.39 Å². The van der Waals surface area contributed by atoms with Crippen LogP contribution in [0.25, 0.3) is 0 Å². The summed E-state index contributed by atoms with van der Waals surface area (Å²) in [7, 11) is 0. The predicted octanol–water partition coefficient (Wildman–Crippen LogP) is 3.57. The van der Waals surface area contributed by atoms with Gasteiger partial charge in [-0.2, -0.15) is 0 Å². The Bertz CT molecular complexity index is 561. The largest absolute Gasteiger partial charge is 0.481 e. The number of carboxylic acids is 1. The summed E-state index contributed by atoms with van der Waals surface area (Å²) >= 11 is 0. The lowest BCUT2D eigenvalue weighted by atomic mass is 9.93. The van der Waals surface area contributed by atoms with E-state index in [0.717, 1.165) is 19.3 Å². The summed E-state index contributed by atoms with van der Waals surface area (Å²) < 4.78 is 13.8. The third kappa shape index (κ3) is 4.78. The summed E-state index contributed by atoms with van der Waals surface area (Å²) in [5.74, 6) is -1.31. The van der Waals surface area contributed by atoms with E-state index in [4.69, 9.17) is 5.11 Å². The van der Waals surface area contributed by atoms with Crippen LogP contribution in [0.5, 0.6) is 0 Å². The Hall–Kier alpha value is -1.91. The number of likely N-dealkylation sites (tertiary alicyclic amines) is 1. The third-order valence-electron chi connectivity index (χ3n) is 4.56. The van der Waals surface area contributed by atoms with Crippen LogP contribution in [0.15, 0.2) is 24.3 Å². The normalized spacial score (nSPS) is 19.4. The predicted molar refractivity (Wildman–Crippen MR) is 85.7 cm³/mol. The zero-order valence-electron chi connectivity index (χ0n) is 13.5. The number of piperidine rings is 1. The smallest absolute Gasteiger partial charge is 0.303 e. The second-order valence-electron chi connectivity index (χ2n) is 6.30. The van der Waals surface area contributed by atoms with Crippen molar-refractivity contribution in [2.75, 3.05) is 6.54 Å². The molecule has 2 rings (SSSR count). The van der Waals surface area contributed by atoms with Crippen LogP contribution in [-0.4, -0.2) is 34.5 Å². The SMILES string of the molecule is C[C@@H](CC(=O)N1CCCC[C@@H]1CCC(=O)O)c1ccccc1F. The van der Waals surface area contributed by atoms with Gasteiger partial charge in [-0.05, 0) is 43.2 Å². The fraction of sp³-hybridized carbons (Fsp3) is 0.556. The van der Waals surface area contributed by atoms with Gasteiger partial charge in [0.25, 0.3) is 0 Å². The van der Waals surface area contributed by atoms with E-state index in [-0.39, 0.29) is 36.5 Å². The lowest BCUT2D eigenvalue weighted by Crippen LogP contribution is -2.44. The van der Waals surface area contributed by atoms with Crippen LogP contribution < -0.4 is 0 Å². The molecule has 5 heteroatoms. The molecule has 23 heavy (non-hydrogen) atoms. The van der Waals surface area contributed by atoms with E-state index in [1.54, 1.807) is 18.2 Å². The molecule has 126 valence electrons. The highest BCUT2D eigenvalue weighted by molar-refractivity contribution is 5.77. The summed E-state index contributed by atoms with van der Waals surface area (Å²) in [4.78, 5) is 25.2. The van der Waals surface area contributed by atoms with Gasteiger partial charge in [0.1, 0.15) is 5.82 Å².